The van der Waals surface area contributed by atoms with Crippen LogP contribution in [-0.4, -0.2) is 11.2 Å². The van der Waals surface area contributed by atoms with Crippen molar-refractivity contribution in [2.45, 2.75) is 90.3 Å². The van der Waals surface area contributed by atoms with E-state index in [0.717, 1.165) is 5.92 Å². The molecule has 3 atom stereocenters. The number of fused-ring (bicyclic) bond motifs is 1. The molecule has 108 valence electrons. The largest absolute Gasteiger partial charge is 0.364 e. The quantitative estimate of drug-likeness (QED) is 0.631. The van der Waals surface area contributed by atoms with Crippen LogP contribution < -0.4 is 0 Å². The molecule has 0 aromatic carbocycles. The van der Waals surface area contributed by atoms with Gasteiger partial charge < -0.3 is 4.74 Å². The van der Waals surface area contributed by atoms with Crippen LogP contribution in [0, 0.1) is 11.3 Å². The third-order valence-electron chi connectivity index (χ3n) is 6.38. The number of allylic oxidation sites excluding steroid dienone is 1. The number of ether oxygens (including phenoxy) is 1. The second-order valence-electron chi connectivity index (χ2n) is 7.90. The predicted octanol–water partition coefficient (Wildman–Crippen LogP) is 5.25. The van der Waals surface area contributed by atoms with Crippen LogP contribution in [0.1, 0.15) is 79.1 Å². The van der Waals surface area contributed by atoms with Gasteiger partial charge in [-0.15, -0.1) is 0 Å². The molecule has 1 heterocycles. The fraction of sp³-hybridized carbons (Fsp3) is 0.889. The molecular formula is C18H30O. The van der Waals surface area contributed by atoms with Crippen LogP contribution in [0.15, 0.2) is 11.6 Å². The lowest BCUT2D eigenvalue weighted by atomic mass is 9.55. The minimum absolute atomic E-state index is 0.0837. The monoisotopic (exact) mass is 262 g/mol. The normalized spacial score (nSPS) is 43.8. The average Bonchev–Trinajstić information content (AvgIpc) is 2.58. The lowest BCUT2D eigenvalue weighted by molar-refractivity contribution is -0.132. The SMILES string of the molecule is CCCCC1=CCC[C@@]2(C)CC[C@@H]3C[C@]12OC3(C)C. The van der Waals surface area contributed by atoms with E-state index >= 15 is 0 Å². The highest BCUT2D eigenvalue weighted by Gasteiger charge is 2.64. The summed E-state index contributed by atoms with van der Waals surface area (Å²) in [5.74, 6) is 0.767. The minimum atomic E-state index is 0.0837. The molecule has 3 rings (SSSR count). The third-order valence-corrected chi connectivity index (χ3v) is 6.38. The van der Waals surface area contributed by atoms with Gasteiger partial charge in [0.25, 0.3) is 0 Å². The fourth-order valence-corrected chi connectivity index (χ4v) is 4.99. The van der Waals surface area contributed by atoms with Crippen LogP contribution in [-0.2, 0) is 4.74 Å². The summed E-state index contributed by atoms with van der Waals surface area (Å²) < 4.78 is 6.81. The van der Waals surface area contributed by atoms with Gasteiger partial charge in [-0.25, -0.2) is 0 Å². The zero-order chi connectivity index (χ0) is 13.7. The Labute approximate surface area is 118 Å². The summed E-state index contributed by atoms with van der Waals surface area (Å²) in [5.41, 5.74) is 2.22. The molecule has 2 bridgehead atoms. The van der Waals surface area contributed by atoms with Gasteiger partial charge in [-0.2, -0.15) is 0 Å². The van der Waals surface area contributed by atoms with Crippen LogP contribution in [0.25, 0.3) is 0 Å². The Balaban J connectivity index is 1.98. The summed E-state index contributed by atoms with van der Waals surface area (Å²) in [4.78, 5) is 0. The molecule has 1 aliphatic heterocycles. The zero-order valence-corrected chi connectivity index (χ0v) is 13.2. The Bertz CT molecular complexity index is 394. The lowest BCUT2D eigenvalue weighted by Crippen LogP contribution is -2.51. The second-order valence-corrected chi connectivity index (χ2v) is 7.90. The van der Waals surface area contributed by atoms with Gasteiger partial charge in [-0.1, -0.05) is 26.3 Å². The molecule has 0 aromatic rings. The lowest BCUT2D eigenvalue weighted by Gasteiger charge is -2.52. The molecule has 0 unspecified atom stereocenters. The van der Waals surface area contributed by atoms with Crippen molar-refractivity contribution >= 4 is 0 Å². The smallest absolute Gasteiger partial charge is 0.0955 e. The Morgan fingerprint density at radius 2 is 2.05 bits per heavy atom. The average molecular weight is 262 g/mol. The van der Waals surface area contributed by atoms with Crippen LogP contribution in [0.3, 0.4) is 0 Å². The van der Waals surface area contributed by atoms with Crippen molar-refractivity contribution in [3.8, 4) is 0 Å². The summed E-state index contributed by atoms with van der Waals surface area (Å²) in [6.45, 7) is 9.45. The molecule has 1 heteroatoms. The van der Waals surface area contributed by atoms with Crippen molar-refractivity contribution in [2.75, 3.05) is 0 Å². The van der Waals surface area contributed by atoms with E-state index in [9.17, 15) is 0 Å². The number of hydrogen-bond donors (Lipinski definition) is 0. The van der Waals surface area contributed by atoms with Gasteiger partial charge in [-0.05, 0) is 70.3 Å². The van der Waals surface area contributed by atoms with Gasteiger partial charge in [0.2, 0.25) is 0 Å². The van der Waals surface area contributed by atoms with Crippen molar-refractivity contribution < 1.29 is 4.74 Å². The second kappa shape index (κ2) is 4.35. The van der Waals surface area contributed by atoms with E-state index in [1.807, 2.05) is 0 Å². The topological polar surface area (TPSA) is 9.23 Å². The molecule has 0 radical (unpaired) electrons. The first-order valence-electron chi connectivity index (χ1n) is 8.33. The summed E-state index contributed by atoms with van der Waals surface area (Å²) in [7, 11) is 0. The van der Waals surface area contributed by atoms with Crippen LogP contribution in [0.2, 0.25) is 0 Å². The molecule has 0 aromatic heterocycles. The first-order valence-corrected chi connectivity index (χ1v) is 8.33. The summed E-state index contributed by atoms with van der Waals surface area (Å²) >= 11 is 0. The van der Waals surface area contributed by atoms with E-state index in [1.165, 1.54) is 51.4 Å². The summed E-state index contributed by atoms with van der Waals surface area (Å²) in [6.07, 6.45) is 13.0. The van der Waals surface area contributed by atoms with E-state index in [1.54, 1.807) is 5.57 Å². The Morgan fingerprint density at radius 3 is 2.79 bits per heavy atom. The predicted molar refractivity (Wildman–Crippen MR) is 80.2 cm³/mol. The Hall–Kier alpha value is -0.300. The van der Waals surface area contributed by atoms with Gasteiger partial charge in [0.15, 0.2) is 0 Å². The first kappa shape index (κ1) is 13.7. The minimum Gasteiger partial charge on any atom is -0.364 e. The molecule has 0 amide bonds. The summed E-state index contributed by atoms with van der Waals surface area (Å²) in [5, 5.41) is 0. The zero-order valence-electron chi connectivity index (χ0n) is 13.2. The molecular weight excluding hydrogens is 232 g/mol. The molecule has 19 heavy (non-hydrogen) atoms. The maximum absolute atomic E-state index is 6.81. The molecule has 1 saturated carbocycles. The van der Waals surface area contributed by atoms with Gasteiger partial charge in [0.1, 0.15) is 0 Å². The summed E-state index contributed by atoms with van der Waals surface area (Å²) in [6, 6.07) is 0. The van der Waals surface area contributed by atoms with Crippen molar-refractivity contribution in [3.05, 3.63) is 11.6 Å². The van der Waals surface area contributed by atoms with Crippen LogP contribution >= 0.6 is 0 Å². The fourth-order valence-electron chi connectivity index (χ4n) is 4.99. The Morgan fingerprint density at radius 1 is 1.26 bits per heavy atom. The highest BCUT2D eigenvalue weighted by molar-refractivity contribution is 5.31. The highest BCUT2D eigenvalue weighted by Crippen LogP contribution is 2.65. The number of rotatable bonds is 3. The highest BCUT2D eigenvalue weighted by atomic mass is 16.5. The first-order chi connectivity index (χ1) is 8.94. The molecule has 1 nitrogen and oxygen atoms in total. The van der Waals surface area contributed by atoms with Gasteiger partial charge in [0.05, 0.1) is 11.2 Å². The van der Waals surface area contributed by atoms with Gasteiger partial charge >= 0.3 is 0 Å². The molecule has 2 aliphatic carbocycles. The van der Waals surface area contributed by atoms with E-state index in [2.05, 4.69) is 33.8 Å². The molecule has 2 fully saturated rings. The molecule has 3 aliphatic rings. The maximum Gasteiger partial charge on any atom is 0.0955 e. The number of unbranched alkanes of at least 4 members (excludes halogenated alkanes) is 1. The van der Waals surface area contributed by atoms with Crippen molar-refractivity contribution in [1.29, 1.82) is 0 Å². The third kappa shape index (κ3) is 1.84. The van der Waals surface area contributed by atoms with Crippen molar-refractivity contribution in [1.82, 2.24) is 0 Å². The molecule has 1 spiro atoms. The van der Waals surface area contributed by atoms with E-state index < -0.39 is 0 Å². The van der Waals surface area contributed by atoms with Gasteiger partial charge in [0, 0.05) is 5.41 Å². The van der Waals surface area contributed by atoms with Crippen molar-refractivity contribution in [3.63, 3.8) is 0 Å². The van der Waals surface area contributed by atoms with E-state index in [4.69, 9.17) is 4.74 Å². The molecule has 1 saturated heterocycles. The standard InChI is InChI=1S/C18H30O/c1-5-6-8-14-9-7-11-17(4)12-10-15-13-18(14,17)19-16(15,2)3/h9,15H,5-8,10-13H2,1-4H3/t15-,17+,18+/m1/s1. The molecule has 0 N–H and O–H groups in total. The number of hydrogen-bond acceptors (Lipinski definition) is 1. The van der Waals surface area contributed by atoms with Crippen LogP contribution in [0.5, 0.6) is 0 Å². The van der Waals surface area contributed by atoms with E-state index in [0.29, 0.717) is 5.41 Å². The van der Waals surface area contributed by atoms with E-state index in [-0.39, 0.29) is 11.2 Å². The maximum atomic E-state index is 6.81. The Kier molecular flexibility index (Phi) is 3.13. The van der Waals surface area contributed by atoms with Gasteiger partial charge in [-0.3, -0.25) is 0 Å². The van der Waals surface area contributed by atoms with Crippen molar-refractivity contribution in [2.24, 2.45) is 11.3 Å². The van der Waals surface area contributed by atoms with Crippen LogP contribution in [0.4, 0.5) is 0 Å².